The molecule has 0 radical (unpaired) electrons. The molecule has 1 rings (SSSR count). The van der Waals surface area contributed by atoms with Gasteiger partial charge >= 0.3 is 0 Å². The van der Waals surface area contributed by atoms with Gasteiger partial charge in [-0.3, -0.25) is 0 Å². The highest BCUT2D eigenvalue weighted by molar-refractivity contribution is 5.27. The molecule has 0 saturated carbocycles. The molecule has 1 aromatic carbocycles. The van der Waals surface area contributed by atoms with Gasteiger partial charge in [0.2, 0.25) is 0 Å². The molecule has 19 heavy (non-hydrogen) atoms. The van der Waals surface area contributed by atoms with Crippen LogP contribution in [0.4, 0.5) is 0 Å². The first-order valence-corrected chi connectivity index (χ1v) is 7.01. The number of benzene rings is 1. The average molecular weight is 266 g/mol. The van der Waals surface area contributed by atoms with Gasteiger partial charge in [-0.1, -0.05) is 26.0 Å². The van der Waals surface area contributed by atoms with Crippen molar-refractivity contribution in [3.8, 4) is 5.75 Å². The first kappa shape index (κ1) is 16.0. The van der Waals surface area contributed by atoms with Gasteiger partial charge in [0, 0.05) is 13.1 Å². The Morgan fingerprint density at radius 1 is 1.26 bits per heavy atom. The lowest BCUT2D eigenvalue weighted by atomic mass is 10.2. The van der Waals surface area contributed by atoms with Crippen molar-refractivity contribution in [2.45, 2.75) is 32.9 Å². The van der Waals surface area contributed by atoms with Crippen LogP contribution in [0.3, 0.4) is 0 Å². The quantitative estimate of drug-likeness (QED) is 0.713. The summed E-state index contributed by atoms with van der Waals surface area (Å²) in [4.78, 5) is 2.23. The van der Waals surface area contributed by atoms with E-state index in [1.54, 1.807) is 0 Å². The molecule has 0 aromatic heterocycles. The van der Waals surface area contributed by atoms with Crippen molar-refractivity contribution >= 4 is 0 Å². The van der Waals surface area contributed by atoms with Gasteiger partial charge in [-0.05, 0) is 37.2 Å². The van der Waals surface area contributed by atoms with Gasteiger partial charge in [-0.2, -0.15) is 0 Å². The van der Waals surface area contributed by atoms with E-state index < -0.39 is 6.10 Å². The number of hydrogen-bond acceptors (Lipinski definition) is 4. The molecule has 0 aliphatic carbocycles. The van der Waals surface area contributed by atoms with E-state index in [4.69, 9.17) is 10.5 Å². The molecule has 0 aliphatic rings. The number of nitrogens with two attached hydrogens (primary N) is 1. The lowest BCUT2D eigenvalue weighted by Gasteiger charge is -2.23. The van der Waals surface area contributed by atoms with Crippen molar-refractivity contribution in [3.63, 3.8) is 0 Å². The molecule has 0 fully saturated rings. The summed E-state index contributed by atoms with van der Waals surface area (Å²) in [5.41, 5.74) is 6.61. The molecule has 108 valence electrons. The monoisotopic (exact) mass is 266 g/mol. The highest BCUT2D eigenvalue weighted by Gasteiger charge is 2.10. The molecule has 0 bridgehead atoms. The standard InChI is InChI=1S/C15H26N2O2/c1-3-9-17(4-2)11-14(18)12-19-15-7-5-13(10-16)6-8-15/h5-8,14,18H,3-4,9-12,16H2,1-2H3. The second-order valence-corrected chi connectivity index (χ2v) is 4.71. The van der Waals surface area contributed by atoms with Crippen LogP contribution in [0.5, 0.6) is 5.75 Å². The van der Waals surface area contributed by atoms with Crippen LogP contribution < -0.4 is 10.5 Å². The third-order valence-corrected chi connectivity index (χ3v) is 3.06. The third kappa shape index (κ3) is 6.05. The molecule has 1 unspecified atom stereocenters. The molecule has 1 atom stereocenters. The summed E-state index contributed by atoms with van der Waals surface area (Å²) in [5.74, 6) is 0.773. The number of ether oxygens (including phenoxy) is 1. The Kier molecular flexibility index (Phi) is 7.48. The van der Waals surface area contributed by atoms with E-state index in [-0.39, 0.29) is 0 Å². The zero-order valence-electron chi connectivity index (χ0n) is 12.0. The van der Waals surface area contributed by atoms with Gasteiger partial charge < -0.3 is 20.5 Å². The minimum atomic E-state index is -0.458. The smallest absolute Gasteiger partial charge is 0.119 e. The van der Waals surface area contributed by atoms with Gasteiger partial charge in [0.15, 0.2) is 0 Å². The summed E-state index contributed by atoms with van der Waals surface area (Å²) in [6.07, 6.45) is 0.641. The van der Waals surface area contributed by atoms with Crippen LogP contribution in [0.25, 0.3) is 0 Å². The number of likely N-dealkylation sites (N-methyl/N-ethyl adjacent to an activating group) is 1. The van der Waals surface area contributed by atoms with Crippen LogP contribution in [0.15, 0.2) is 24.3 Å². The Bertz CT molecular complexity index is 341. The van der Waals surface area contributed by atoms with Gasteiger partial charge in [0.1, 0.15) is 18.5 Å². The topological polar surface area (TPSA) is 58.7 Å². The minimum Gasteiger partial charge on any atom is -0.491 e. The van der Waals surface area contributed by atoms with Crippen LogP contribution in [-0.4, -0.2) is 42.4 Å². The van der Waals surface area contributed by atoms with E-state index in [1.165, 1.54) is 0 Å². The van der Waals surface area contributed by atoms with Gasteiger partial charge in [-0.25, -0.2) is 0 Å². The summed E-state index contributed by atoms with van der Waals surface area (Å²) in [7, 11) is 0. The fourth-order valence-corrected chi connectivity index (χ4v) is 1.96. The van der Waals surface area contributed by atoms with Crippen LogP contribution in [0, 0.1) is 0 Å². The highest BCUT2D eigenvalue weighted by Crippen LogP contribution is 2.12. The third-order valence-electron chi connectivity index (χ3n) is 3.06. The van der Waals surface area contributed by atoms with E-state index in [0.29, 0.717) is 19.7 Å². The van der Waals surface area contributed by atoms with E-state index in [0.717, 1.165) is 30.8 Å². The van der Waals surface area contributed by atoms with Gasteiger partial charge in [-0.15, -0.1) is 0 Å². The lowest BCUT2D eigenvalue weighted by molar-refractivity contribution is 0.0699. The average Bonchev–Trinajstić information content (AvgIpc) is 2.45. The minimum absolute atomic E-state index is 0.322. The highest BCUT2D eigenvalue weighted by atomic mass is 16.5. The summed E-state index contributed by atoms with van der Waals surface area (Å²) < 4.78 is 5.57. The second-order valence-electron chi connectivity index (χ2n) is 4.71. The first-order valence-electron chi connectivity index (χ1n) is 7.01. The van der Waals surface area contributed by atoms with Crippen LogP contribution in [0.1, 0.15) is 25.8 Å². The van der Waals surface area contributed by atoms with Crippen LogP contribution in [0.2, 0.25) is 0 Å². The van der Waals surface area contributed by atoms with Crippen LogP contribution in [-0.2, 0) is 6.54 Å². The predicted molar refractivity (Wildman–Crippen MR) is 78.2 cm³/mol. The predicted octanol–water partition coefficient (Wildman–Crippen LogP) is 1.62. The largest absolute Gasteiger partial charge is 0.491 e. The molecule has 4 nitrogen and oxygen atoms in total. The molecular formula is C15H26N2O2. The Labute approximate surface area is 116 Å². The Balaban J connectivity index is 2.33. The Morgan fingerprint density at radius 3 is 2.47 bits per heavy atom. The SMILES string of the molecule is CCCN(CC)CC(O)COc1ccc(CN)cc1. The Hall–Kier alpha value is -1.10. The molecule has 0 amide bonds. The summed E-state index contributed by atoms with van der Waals surface area (Å²) >= 11 is 0. The number of nitrogens with zero attached hydrogens (tertiary/aromatic N) is 1. The fraction of sp³-hybridized carbons (Fsp3) is 0.600. The molecule has 3 N–H and O–H groups in total. The zero-order chi connectivity index (χ0) is 14.1. The fourth-order valence-electron chi connectivity index (χ4n) is 1.96. The van der Waals surface area contributed by atoms with Gasteiger partial charge in [0.05, 0.1) is 0 Å². The van der Waals surface area contributed by atoms with Crippen molar-refractivity contribution in [2.24, 2.45) is 5.73 Å². The molecule has 0 heterocycles. The zero-order valence-corrected chi connectivity index (χ0v) is 12.0. The molecule has 0 saturated heterocycles. The Morgan fingerprint density at radius 2 is 1.95 bits per heavy atom. The van der Waals surface area contributed by atoms with Crippen molar-refractivity contribution < 1.29 is 9.84 Å². The number of aliphatic hydroxyl groups is 1. The van der Waals surface area contributed by atoms with E-state index >= 15 is 0 Å². The molecule has 4 heteroatoms. The van der Waals surface area contributed by atoms with Crippen molar-refractivity contribution in [1.82, 2.24) is 4.90 Å². The molecular weight excluding hydrogens is 240 g/mol. The van der Waals surface area contributed by atoms with E-state index in [9.17, 15) is 5.11 Å². The molecule has 0 aliphatic heterocycles. The maximum atomic E-state index is 9.95. The summed E-state index contributed by atoms with van der Waals surface area (Å²) in [6, 6.07) is 7.66. The molecule has 1 aromatic rings. The van der Waals surface area contributed by atoms with E-state index in [2.05, 4.69) is 18.7 Å². The maximum Gasteiger partial charge on any atom is 0.119 e. The summed E-state index contributed by atoms with van der Waals surface area (Å²) in [6.45, 7) is 7.73. The van der Waals surface area contributed by atoms with Crippen molar-refractivity contribution in [2.75, 3.05) is 26.2 Å². The maximum absolute atomic E-state index is 9.95. The summed E-state index contributed by atoms with van der Waals surface area (Å²) in [5, 5.41) is 9.95. The number of aliphatic hydroxyl groups excluding tert-OH is 1. The number of hydrogen-bond donors (Lipinski definition) is 2. The normalized spacial score (nSPS) is 12.7. The van der Waals surface area contributed by atoms with Crippen molar-refractivity contribution in [1.29, 1.82) is 0 Å². The second kappa shape index (κ2) is 8.91. The van der Waals surface area contributed by atoms with Gasteiger partial charge in [0.25, 0.3) is 0 Å². The van der Waals surface area contributed by atoms with Crippen LogP contribution >= 0.6 is 0 Å². The molecule has 0 spiro atoms. The lowest BCUT2D eigenvalue weighted by Crippen LogP contribution is -2.36. The first-order chi connectivity index (χ1) is 9.19. The van der Waals surface area contributed by atoms with Crippen molar-refractivity contribution in [3.05, 3.63) is 29.8 Å². The van der Waals surface area contributed by atoms with E-state index in [1.807, 2.05) is 24.3 Å². The number of rotatable bonds is 9.